The van der Waals surface area contributed by atoms with E-state index in [0.29, 0.717) is 5.92 Å². The van der Waals surface area contributed by atoms with Gasteiger partial charge in [-0.1, -0.05) is 142 Å². The Bertz CT molecular complexity index is 3690. The van der Waals surface area contributed by atoms with E-state index in [1.165, 1.54) is 105 Å². The smallest absolute Gasteiger partial charge is 0.0541 e. The number of benzene rings is 9. The normalized spacial score (nSPS) is 12.7. The molecule has 12 aromatic rings. The monoisotopic (exact) mass is 835 g/mol. The van der Waals surface area contributed by atoms with E-state index >= 15 is 0 Å². The number of hydrogen-bond donors (Lipinski definition) is 1. The van der Waals surface area contributed by atoms with Gasteiger partial charge in [-0.3, -0.25) is 0 Å². The minimum atomic E-state index is 0.669. The minimum absolute atomic E-state index is 0.669. The zero-order chi connectivity index (χ0) is 43.6. The molecule has 0 fully saturated rings. The average Bonchev–Trinajstić information content (AvgIpc) is 4.02. The molecule has 65 heavy (non-hydrogen) atoms. The fourth-order valence-corrected chi connectivity index (χ4v) is 10.1. The number of nitrogens with zero attached hydrogens (tertiary/aromatic N) is 2. The quantitative estimate of drug-likeness (QED) is 0.150. The summed E-state index contributed by atoms with van der Waals surface area (Å²) >= 11 is 0. The predicted octanol–water partition coefficient (Wildman–Crippen LogP) is 17.4. The number of nitrogens with one attached hydrogen (secondary N) is 1. The number of aromatic nitrogens is 3. The Hall–Kier alpha value is -7.88. The van der Waals surface area contributed by atoms with Gasteiger partial charge in [0.2, 0.25) is 0 Å². The van der Waals surface area contributed by atoms with Crippen LogP contribution in [0.2, 0.25) is 0 Å². The highest BCUT2D eigenvalue weighted by Crippen LogP contribution is 2.41. The summed E-state index contributed by atoms with van der Waals surface area (Å²) < 4.78 is 4.91. The van der Waals surface area contributed by atoms with Crippen LogP contribution < -0.4 is 0 Å². The van der Waals surface area contributed by atoms with E-state index in [-0.39, 0.29) is 0 Å². The molecule has 3 heterocycles. The molecule has 312 valence electrons. The van der Waals surface area contributed by atoms with E-state index < -0.39 is 0 Å². The highest BCUT2D eigenvalue weighted by atomic mass is 15.0. The molecule has 1 N–H and O–H groups in total. The lowest BCUT2D eigenvalue weighted by Crippen LogP contribution is -1.94. The van der Waals surface area contributed by atoms with Crippen LogP contribution in [-0.4, -0.2) is 14.1 Å². The van der Waals surface area contributed by atoms with Crippen molar-refractivity contribution in [1.29, 1.82) is 0 Å². The zero-order valence-corrected chi connectivity index (χ0v) is 37.0. The molecule has 0 bridgehead atoms. The predicted molar refractivity (Wildman–Crippen MR) is 279 cm³/mol. The Morgan fingerprint density at radius 1 is 0.431 bits per heavy atom. The lowest BCUT2D eigenvalue weighted by Gasteiger charge is -2.11. The summed E-state index contributed by atoms with van der Waals surface area (Å²) in [4.78, 5) is 3.77. The summed E-state index contributed by atoms with van der Waals surface area (Å²) in [5, 5.41) is 7.42. The number of allylic oxidation sites excluding steroid dienone is 2. The summed E-state index contributed by atoms with van der Waals surface area (Å²) in [6, 6.07) is 73.9. The molecule has 0 aliphatic rings. The van der Waals surface area contributed by atoms with Crippen molar-refractivity contribution in [3.8, 4) is 44.8 Å². The first kappa shape index (κ1) is 38.8. The number of rotatable bonds is 9. The number of aromatic amines is 1. The van der Waals surface area contributed by atoms with E-state index in [4.69, 9.17) is 0 Å². The molecule has 0 saturated carbocycles. The van der Waals surface area contributed by atoms with E-state index in [9.17, 15) is 0 Å². The van der Waals surface area contributed by atoms with Crippen LogP contribution in [0.15, 0.2) is 206 Å². The van der Waals surface area contributed by atoms with Gasteiger partial charge in [0.1, 0.15) is 0 Å². The van der Waals surface area contributed by atoms with Crippen molar-refractivity contribution in [2.45, 2.75) is 33.6 Å². The third-order valence-electron chi connectivity index (χ3n) is 13.9. The Balaban J connectivity index is 1.03. The van der Waals surface area contributed by atoms with Crippen LogP contribution in [0.1, 0.15) is 39.2 Å². The molecule has 0 spiro atoms. The Morgan fingerprint density at radius 2 is 0.831 bits per heavy atom. The number of fused-ring (bicyclic) bond motifs is 9. The standard InChI is InChI=1S/C62H49N3/c1-4-40(2)20-21-41(3)45-22-30-59-53(34-45)54-35-46(42-14-8-5-9-15-42)23-31-60(54)64(59)49-26-28-57-51(38-49)52-39-50(27-29-58(52)63-57)65-61-32-24-47(43-16-10-6-11-17-43)36-55(61)56-37-48(25-33-62(56)65)44-18-12-7-13-19-44/h5-19,21-40,63H,4,20H2,1-3H3/b41-21+. The Labute approximate surface area is 379 Å². The SMILES string of the molecule is CCC(C)C/C=C(\C)c1ccc2c(c1)c1cc(-c3ccccc3)ccc1n2-c1ccc2[nH]c3ccc(-n4c5ccc(-c6ccccc6)cc5c5cc(-c6ccccc6)ccc54)cc3c2c1. The molecule has 3 nitrogen and oxygen atoms in total. The number of hydrogen-bond acceptors (Lipinski definition) is 0. The molecule has 0 radical (unpaired) electrons. The molecule has 3 heteroatoms. The van der Waals surface area contributed by atoms with Crippen LogP contribution in [0.25, 0.3) is 116 Å². The highest BCUT2D eigenvalue weighted by molar-refractivity contribution is 6.14. The van der Waals surface area contributed by atoms with Gasteiger partial charge in [-0.2, -0.15) is 0 Å². The maximum Gasteiger partial charge on any atom is 0.0541 e. The summed E-state index contributed by atoms with van der Waals surface area (Å²) in [6.45, 7) is 6.88. The molecule has 0 amide bonds. The van der Waals surface area contributed by atoms with Gasteiger partial charge < -0.3 is 14.1 Å². The zero-order valence-electron chi connectivity index (χ0n) is 37.0. The van der Waals surface area contributed by atoms with Crippen molar-refractivity contribution < 1.29 is 0 Å². The van der Waals surface area contributed by atoms with Gasteiger partial charge in [0, 0.05) is 54.7 Å². The van der Waals surface area contributed by atoms with Crippen LogP contribution in [0.3, 0.4) is 0 Å². The minimum Gasteiger partial charge on any atom is -0.355 e. The van der Waals surface area contributed by atoms with Crippen LogP contribution in [0.5, 0.6) is 0 Å². The maximum absolute atomic E-state index is 3.77. The molecule has 0 aliphatic heterocycles. The second kappa shape index (κ2) is 15.7. The molecular weight excluding hydrogens is 787 g/mol. The van der Waals surface area contributed by atoms with Crippen molar-refractivity contribution in [3.05, 3.63) is 212 Å². The second-order valence-electron chi connectivity index (χ2n) is 17.9. The van der Waals surface area contributed by atoms with Gasteiger partial charge in [0.05, 0.1) is 22.1 Å². The van der Waals surface area contributed by atoms with Crippen molar-refractivity contribution in [2.24, 2.45) is 5.92 Å². The van der Waals surface area contributed by atoms with Gasteiger partial charge in [0.25, 0.3) is 0 Å². The first-order valence-electron chi connectivity index (χ1n) is 23.0. The molecule has 3 aromatic heterocycles. The van der Waals surface area contributed by atoms with Crippen molar-refractivity contribution in [2.75, 3.05) is 0 Å². The first-order valence-corrected chi connectivity index (χ1v) is 23.0. The summed E-state index contributed by atoms with van der Waals surface area (Å²) in [5.74, 6) is 0.669. The molecule has 1 unspecified atom stereocenters. The third kappa shape index (κ3) is 6.66. The van der Waals surface area contributed by atoms with Gasteiger partial charge >= 0.3 is 0 Å². The van der Waals surface area contributed by atoms with Crippen molar-refractivity contribution >= 4 is 71.0 Å². The Morgan fingerprint density at radius 3 is 1.25 bits per heavy atom. The first-order chi connectivity index (χ1) is 32.0. The van der Waals surface area contributed by atoms with Gasteiger partial charge in [-0.15, -0.1) is 0 Å². The molecule has 1 atom stereocenters. The van der Waals surface area contributed by atoms with Crippen LogP contribution >= 0.6 is 0 Å². The molecule has 9 aromatic carbocycles. The van der Waals surface area contributed by atoms with E-state index in [0.717, 1.165) is 28.8 Å². The fraction of sp³-hybridized carbons (Fsp3) is 0.0968. The largest absolute Gasteiger partial charge is 0.355 e. The fourth-order valence-electron chi connectivity index (χ4n) is 10.1. The van der Waals surface area contributed by atoms with E-state index in [1.54, 1.807) is 0 Å². The third-order valence-corrected chi connectivity index (χ3v) is 13.9. The highest BCUT2D eigenvalue weighted by Gasteiger charge is 2.19. The maximum atomic E-state index is 3.77. The van der Waals surface area contributed by atoms with Crippen molar-refractivity contribution in [1.82, 2.24) is 14.1 Å². The molecule has 12 rings (SSSR count). The summed E-state index contributed by atoms with van der Waals surface area (Å²) in [7, 11) is 0. The van der Waals surface area contributed by atoms with Crippen LogP contribution in [0, 0.1) is 5.92 Å². The molecule has 0 aliphatic carbocycles. The van der Waals surface area contributed by atoms with Crippen LogP contribution in [-0.2, 0) is 0 Å². The molecular formula is C62H49N3. The average molecular weight is 836 g/mol. The lowest BCUT2D eigenvalue weighted by molar-refractivity contribution is 0.572. The topological polar surface area (TPSA) is 25.6 Å². The lowest BCUT2D eigenvalue weighted by atomic mass is 9.98. The van der Waals surface area contributed by atoms with E-state index in [1.807, 2.05) is 0 Å². The number of H-pyrrole nitrogens is 1. The van der Waals surface area contributed by atoms with Gasteiger partial charge in [0.15, 0.2) is 0 Å². The summed E-state index contributed by atoms with van der Waals surface area (Å²) in [6.07, 6.45) is 4.70. The molecule has 0 saturated heterocycles. The van der Waals surface area contributed by atoms with Gasteiger partial charge in [-0.05, 0) is 149 Å². The Kier molecular flexibility index (Phi) is 9.38. The summed E-state index contributed by atoms with van der Waals surface area (Å²) in [5.41, 5.74) is 19.2. The van der Waals surface area contributed by atoms with E-state index in [2.05, 4.69) is 241 Å². The second-order valence-corrected chi connectivity index (χ2v) is 17.9. The van der Waals surface area contributed by atoms with Crippen LogP contribution in [0.4, 0.5) is 0 Å². The van der Waals surface area contributed by atoms with Gasteiger partial charge in [-0.25, -0.2) is 0 Å². The van der Waals surface area contributed by atoms with Crippen molar-refractivity contribution in [3.63, 3.8) is 0 Å².